The molecule has 0 unspecified atom stereocenters. The molecule has 0 radical (unpaired) electrons. The second kappa shape index (κ2) is 3.14. The minimum atomic E-state index is -0.117. The molecule has 1 aromatic carbocycles. The van der Waals surface area contributed by atoms with Crippen molar-refractivity contribution in [1.29, 1.82) is 0 Å². The molecule has 2 rings (SSSR count). The quantitative estimate of drug-likeness (QED) is 0.668. The molecule has 0 amide bonds. The van der Waals surface area contributed by atoms with E-state index in [1.54, 1.807) is 14.0 Å². The first-order valence-electron chi connectivity index (χ1n) is 4.38. The third-order valence-electron chi connectivity index (χ3n) is 2.20. The summed E-state index contributed by atoms with van der Waals surface area (Å²) >= 11 is 0. The Morgan fingerprint density at radius 3 is 2.36 bits per heavy atom. The first kappa shape index (κ1) is 8.74. The number of rotatable bonds is 1. The number of benzene rings is 1. The Balaban J connectivity index is 2.64. The molecule has 2 aromatic rings. The van der Waals surface area contributed by atoms with E-state index in [0.29, 0.717) is 5.82 Å². The fourth-order valence-corrected chi connectivity index (χ4v) is 1.27. The van der Waals surface area contributed by atoms with E-state index >= 15 is 0 Å². The molecule has 0 N–H and O–H groups in total. The van der Waals surface area contributed by atoms with Gasteiger partial charge in [0.2, 0.25) is 0 Å². The zero-order valence-corrected chi connectivity index (χ0v) is 8.14. The van der Waals surface area contributed by atoms with Gasteiger partial charge in [0.1, 0.15) is 5.82 Å². The SMILES string of the molecule is Cc1nn(-c2ccccc2)c(=O)n1C. The molecule has 0 saturated carbocycles. The van der Waals surface area contributed by atoms with Crippen LogP contribution in [-0.4, -0.2) is 14.3 Å². The largest absolute Gasteiger partial charge is 0.350 e. The van der Waals surface area contributed by atoms with Crippen molar-refractivity contribution in [3.05, 3.63) is 46.6 Å². The minimum absolute atomic E-state index is 0.117. The maximum atomic E-state index is 11.7. The molecular weight excluding hydrogens is 178 g/mol. The lowest BCUT2D eigenvalue weighted by molar-refractivity contribution is 0.795. The van der Waals surface area contributed by atoms with Crippen LogP contribution in [0.2, 0.25) is 0 Å². The Kier molecular flexibility index (Phi) is 1.96. The van der Waals surface area contributed by atoms with Crippen LogP contribution in [-0.2, 0) is 7.05 Å². The van der Waals surface area contributed by atoms with Gasteiger partial charge in [0.05, 0.1) is 5.69 Å². The van der Waals surface area contributed by atoms with Crippen molar-refractivity contribution < 1.29 is 0 Å². The highest BCUT2D eigenvalue weighted by atomic mass is 16.2. The van der Waals surface area contributed by atoms with E-state index in [4.69, 9.17) is 0 Å². The predicted molar refractivity (Wildman–Crippen MR) is 53.5 cm³/mol. The summed E-state index contributed by atoms with van der Waals surface area (Å²) in [7, 11) is 1.71. The molecule has 1 aromatic heterocycles. The van der Waals surface area contributed by atoms with Crippen molar-refractivity contribution in [2.75, 3.05) is 0 Å². The monoisotopic (exact) mass is 189 g/mol. The van der Waals surface area contributed by atoms with E-state index in [1.165, 1.54) is 9.25 Å². The Hall–Kier alpha value is -1.84. The molecule has 0 bridgehead atoms. The normalized spacial score (nSPS) is 10.4. The molecule has 0 aliphatic rings. The van der Waals surface area contributed by atoms with Crippen LogP contribution in [0.25, 0.3) is 5.69 Å². The number of aromatic nitrogens is 3. The Morgan fingerprint density at radius 2 is 1.86 bits per heavy atom. The van der Waals surface area contributed by atoms with Crippen LogP contribution in [0, 0.1) is 6.92 Å². The van der Waals surface area contributed by atoms with Gasteiger partial charge in [-0.15, -0.1) is 0 Å². The summed E-state index contributed by atoms with van der Waals surface area (Å²) in [6.07, 6.45) is 0. The van der Waals surface area contributed by atoms with E-state index < -0.39 is 0 Å². The highest BCUT2D eigenvalue weighted by molar-refractivity contribution is 5.29. The first-order chi connectivity index (χ1) is 6.70. The molecular formula is C10H11N3O. The van der Waals surface area contributed by atoms with Gasteiger partial charge in [0.15, 0.2) is 0 Å². The van der Waals surface area contributed by atoms with Crippen LogP contribution in [0.15, 0.2) is 35.1 Å². The molecule has 0 fully saturated rings. The van der Waals surface area contributed by atoms with Gasteiger partial charge in [-0.1, -0.05) is 18.2 Å². The summed E-state index contributed by atoms with van der Waals surface area (Å²) in [5.41, 5.74) is 0.676. The van der Waals surface area contributed by atoms with E-state index in [1.807, 2.05) is 30.3 Å². The average molecular weight is 189 g/mol. The van der Waals surface area contributed by atoms with Gasteiger partial charge >= 0.3 is 5.69 Å². The molecule has 0 atom stereocenters. The predicted octanol–water partition coefficient (Wildman–Crippen LogP) is 0.879. The molecule has 0 spiro atoms. The molecule has 0 aliphatic heterocycles. The number of hydrogen-bond donors (Lipinski definition) is 0. The number of hydrogen-bond acceptors (Lipinski definition) is 2. The summed E-state index contributed by atoms with van der Waals surface area (Å²) in [6, 6.07) is 9.38. The summed E-state index contributed by atoms with van der Waals surface area (Å²) in [6.45, 7) is 1.81. The highest BCUT2D eigenvalue weighted by Gasteiger charge is 2.06. The van der Waals surface area contributed by atoms with Gasteiger partial charge < -0.3 is 0 Å². The standard InChI is InChI=1S/C10H11N3O/c1-8-11-13(10(14)12(8)2)9-6-4-3-5-7-9/h3-7H,1-2H3. The van der Waals surface area contributed by atoms with Crippen LogP contribution in [0.3, 0.4) is 0 Å². The lowest BCUT2D eigenvalue weighted by Crippen LogP contribution is -2.21. The maximum Gasteiger partial charge on any atom is 0.350 e. The molecule has 4 nitrogen and oxygen atoms in total. The van der Waals surface area contributed by atoms with Crippen molar-refractivity contribution >= 4 is 0 Å². The van der Waals surface area contributed by atoms with Crippen LogP contribution in [0.1, 0.15) is 5.82 Å². The lowest BCUT2D eigenvalue weighted by Gasteiger charge is -1.96. The number of aryl methyl sites for hydroxylation is 1. The van der Waals surface area contributed by atoms with E-state index in [9.17, 15) is 4.79 Å². The fourth-order valence-electron chi connectivity index (χ4n) is 1.27. The zero-order chi connectivity index (χ0) is 10.1. The van der Waals surface area contributed by atoms with Crippen LogP contribution >= 0.6 is 0 Å². The van der Waals surface area contributed by atoms with Crippen molar-refractivity contribution in [2.24, 2.45) is 7.05 Å². The summed E-state index contributed by atoms with van der Waals surface area (Å²) in [4.78, 5) is 11.7. The van der Waals surface area contributed by atoms with E-state index in [-0.39, 0.29) is 5.69 Å². The summed E-state index contributed by atoms with van der Waals surface area (Å²) < 4.78 is 2.92. The second-order valence-electron chi connectivity index (χ2n) is 3.14. The smallest absolute Gasteiger partial charge is 0.282 e. The fraction of sp³-hybridized carbons (Fsp3) is 0.200. The topological polar surface area (TPSA) is 39.8 Å². The number of nitrogens with zero attached hydrogens (tertiary/aromatic N) is 3. The third kappa shape index (κ3) is 1.25. The minimum Gasteiger partial charge on any atom is -0.282 e. The molecule has 4 heteroatoms. The molecule has 1 heterocycles. The lowest BCUT2D eigenvalue weighted by atomic mass is 10.3. The van der Waals surface area contributed by atoms with Crippen molar-refractivity contribution in [1.82, 2.24) is 14.3 Å². The van der Waals surface area contributed by atoms with Crippen molar-refractivity contribution in [3.63, 3.8) is 0 Å². The second-order valence-corrected chi connectivity index (χ2v) is 3.14. The number of para-hydroxylation sites is 1. The van der Waals surface area contributed by atoms with Gasteiger partial charge in [-0.3, -0.25) is 4.57 Å². The van der Waals surface area contributed by atoms with Crippen LogP contribution < -0.4 is 5.69 Å². The molecule has 0 saturated heterocycles. The Bertz CT molecular complexity index is 496. The van der Waals surface area contributed by atoms with Gasteiger partial charge in [-0.2, -0.15) is 9.78 Å². The zero-order valence-electron chi connectivity index (χ0n) is 8.14. The van der Waals surface area contributed by atoms with Gasteiger partial charge in [0.25, 0.3) is 0 Å². The van der Waals surface area contributed by atoms with Crippen LogP contribution in [0.4, 0.5) is 0 Å². The molecule has 14 heavy (non-hydrogen) atoms. The van der Waals surface area contributed by atoms with Crippen molar-refractivity contribution in [3.8, 4) is 5.69 Å². The van der Waals surface area contributed by atoms with Crippen molar-refractivity contribution in [2.45, 2.75) is 6.92 Å². The first-order valence-corrected chi connectivity index (χ1v) is 4.38. The average Bonchev–Trinajstić information content (AvgIpc) is 2.47. The van der Waals surface area contributed by atoms with Gasteiger partial charge in [-0.25, -0.2) is 4.79 Å². The molecule has 72 valence electrons. The molecule has 0 aliphatic carbocycles. The Morgan fingerprint density at radius 1 is 1.21 bits per heavy atom. The van der Waals surface area contributed by atoms with E-state index in [0.717, 1.165) is 5.69 Å². The summed E-state index contributed by atoms with van der Waals surface area (Å²) in [5.74, 6) is 0.707. The third-order valence-corrected chi connectivity index (χ3v) is 2.20. The highest BCUT2D eigenvalue weighted by Crippen LogP contribution is 2.02. The van der Waals surface area contributed by atoms with Crippen LogP contribution in [0.5, 0.6) is 0 Å². The van der Waals surface area contributed by atoms with E-state index in [2.05, 4.69) is 5.10 Å². The Labute approximate surface area is 81.4 Å². The van der Waals surface area contributed by atoms with Gasteiger partial charge in [0, 0.05) is 7.05 Å². The maximum absolute atomic E-state index is 11.7. The summed E-state index contributed by atoms with van der Waals surface area (Å²) in [5, 5.41) is 4.15. The van der Waals surface area contributed by atoms with Gasteiger partial charge in [-0.05, 0) is 19.1 Å².